The van der Waals surface area contributed by atoms with Gasteiger partial charge in [-0.05, 0) is 34.1 Å². The fourth-order valence-electron chi connectivity index (χ4n) is 1.64. The van der Waals surface area contributed by atoms with Gasteiger partial charge >= 0.3 is 0 Å². The molecule has 1 unspecified atom stereocenters. The first-order valence-electron chi connectivity index (χ1n) is 5.19. The minimum Gasteiger partial charge on any atom is -0.481 e. The lowest BCUT2D eigenvalue weighted by molar-refractivity contribution is 0.388. The van der Waals surface area contributed by atoms with Crippen molar-refractivity contribution < 1.29 is 4.74 Å². The van der Waals surface area contributed by atoms with Crippen LogP contribution in [0.15, 0.2) is 34.2 Å². The summed E-state index contributed by atoms with van der Waals surface area (Å²) in [6.45, 7) is 0. The number of pyridine rings is 1. The van der Waals surface area contributed by atoms with E-state index in [1.807, 2.05) is 18.2 Å². The van der Waals surface area contributed by atoms with Crippen molar-refractivity contribution in [3.63, 3.8) is 0 Å². The largest absolute Gasteiger partial charge is 0.481 e. The third-order valence-corrected chi connectivity index (χ3v) is 4.09. The maximum atomic E-state index is 6.18. The lowest BCUT2D eigenvalue weighted by Gasteiger charge is -2.13. The summed E-state index contributed by atoms with van der Waals surface area (Å²) in [7, 11) is 1.61. The van der Waals surface area contributed by atoms with Crippen molar-refractivity contribution in [1.29, 1.82) is 0 Å². The monoisotopic (exact) mass is 312 g/mol. The SMILES string of the molecule is COc1ncccc1C(N)Cc1ccc(Br)s1. The van der Waals surface area contributed by atoms with Crippen molar-refractivity contribution >= 4 is 27.3 Å². The van der Waals surface area contributed by atoms with Crippen LogP contribution in [-0.4, -0.2) is 12.1 Å². The van der Waals surface area contributed by atoms with Crippen LogP contribution in [0.3, 0.4) is 0 Å². The molecule has 0 aliphatic carbocycles. The molecule has 2 aromatic heterocycles. The smallest absolute Gasteiger partial charge is 0.217 e. The molecule has 2 heterocycles. The Balaban J connectivity index is 2.16. The van der Waals surface area contributed by atoms with Crippen LogP contribution in [0.1, 0.15) is 16.5 Å². The first-order valence-corrected chi connectivity index (χ1v) is 6.80. The van der Waals surface area contributed by atoms with Crippen LogP contribution in [0.2, 0.25) is 0 Å². The average Bonchev–Trinajstić information content (AvgIpc) is 2.74. The number of hydrogen-bond donors (Lipinski definition) is 1. The first kappa shape index (κ1) is 12.5. The second-order valence-corrected chi connectivity index (χ2v) is 6.17. The third kappa shape index (κ3) is 3.06. The van der Waals surface area contributed by atoms with Gasteiger partial charge in [-0.15, -0.1) is 11.3 Å². The van der Waals surface area contributed by atoms with Gasteiger partial charge in [0, 0.05) is 29.1 Å². The van der Waals surface area contributed by atoms with E-state index in [1.165, 1.54) is 4.88 Å². The molecular weight excluding hydrogens is 300 g/mol. The zero-order valence-electron chi connectivity index (χ0n) is 9.39. The summed E-state index contributed by atoms with van der Waals surface area (Å²) in [5, 5.41) is 0. The molecule has 2 aromatic rings. The Labute approximate surface area is 113 Å². The van der Waals surface area contributed by atoms with E-state index in [1.54, 1.807) is 24.6 Å². The maximum absolute atomic E-state index is 6.18. The van der Waals surface area contributed by atoms with Crippen LogP contribution < -0.4 is 10.5 Å². The highest BCUT2D eigenvalue weighted by Crippen LogP contribution is 2.28. The summed E-state index contributed by atoms with van der Waals surface area (Å²) in [6, 6.07) is 7.86. The third-order valence-electron chi connectivity index (χ3n) is 2.44. The van der Waals surface area contributed by atoms with E-state index in [9.17, 15) is 0 Å². The van der Waals surface area contributed by atoms with Crippen molar-refractivity contribution in [1.82, 2.24) is 4.98 Å². The van der Waals surface area contributed by atoms with Crippen molar-refractivity contribution in [2.24, 2.45) is 5.73 Å². The minimum absolute atomic E-state index is 0.0933. The molecule has 0 aliphatic heterocycles. The van der Waals surface area contributed by atoms with Crippen molar-refractivity contribution in [3.8, 4) is 5.88 Å². The predicted molar refractivity (Wildman–Crippen MR) is 73.4 cm³/mol. The number of nitrogens with two attached hydrogens (primary N) is 1. The number of thiophene rings is 1. The van der Waals surface area contributed by atoms with Crippen LogP contribution in [-0.2, 0) is 6.42 Å². The highest BCUT2D eigenvalue weighted by molar-refractivity contribution is 9.11. The Hall–Kier alpha value is -0.910. The number of nitrogens with zero attached hydrogens (tertiary/aromatic N) is 1. The molecule has 2 rings (SSSR count). The van der Waals surface area contributed by atoms with Gasteiger partial charge in [0.1, 0.15) is 0 Å². The average molecular weight is 313 g/mol. The lowest BCUT2D eigenvalue weighted by Crippen LogP contribution is -2.14. The molecule has 0 saturated heterocycles. The summed E-state index contributed by atoms with van der Waals surface area (Å²) >= 11 is 5.15. The zero-order chi connectivity index (χ0) is 12.3. The second kappa shape index (κ2) is 5.62. The number of halogens is 1. The summed E-state index contributed by atoms with van der Waals surface area (Å²) in [6.07, 6.45) is 2.50. The van der Waals surface area contributed by atoms with Gasteiger partial charge in [-0.25, -0.2) is 4.98 Å². The molecule has 0 spiro atoms. The first-order chi connectivity index (χ1) is 8.20. The van der Waals surface area contributed by atoms with Crippen molar-refractivity contribution in [2.75, 3.05) is 7.11 Å². The van der Waals surface area contributed by atoms with Gasteiger partial charge in [0.2, 0.25) is 5.88 Å². The predicted octanol–water partition coefficient (Wildman–Crippen LogP) is 3.16. The van der Waals surface area contributed by atoms with Gasteiger partial charge in [0.25, 0.3) is 0 Å². The Morgan fingerprint density at radius 3 is 2.94 bits per heavy atom. The number of ether oxygens (including phenoxy) is 1. The highest BCUT2D eigenvalue weighted by Gasteiger charge is 2.13. The molecule has 2 N–H and O–H groups in total. The van der Waals surface area contributed by atoms with E-state index in [2.05, 4.69) is 27.0 Å². The second-order valence-electron chi connectivity index (χ2n) is 3.62. The molecule has 0 bridgehead atoms. The molecule has 0 amide bonds. The standard InChI is InChI=1S/C12H13BrN2OS/c1-16-12-9(3-2-6-15-12)10(14)7-8-4-5-11(13)17-8/h2-6,10H,7,14H2,1H3. The molecular formula is C12H13BrN2OS. The minimum atomic E-state index is -0.0933. The van der Waals surface area contributed by atoms with Crippen LogP contribution in [0.5, 0.6) is 5.88 Å². The van der Waals surface area contributed by atoms with Gasteiger partial charge in [-0.2, -0.15) is 0 Å². The van der Waals surface area contributed by atoms with Crippen LogP contribution >= 0.6 is 27.3 Å². The van der Waals surface area contributed by atoms with E-state index in [0.717, 1.165) is 15.8 Å². The summed E-state index contributed by atoms with van der Waals surface area (Å²) in [5.41, 5.74) is 7.13. The van der Waals surface area contributed by atoms with Gasteiger partial charge in [-0.1, -0.05) is 6.07 Å². The topological polar surface area (TPSA) is 48.1 Å². The van der Waals surface area contributed by atoms with E-state index in [0.29, 0.717) is 5.88 Å². The quantitative estimate of drug-likeness (QED) is 0.943. The maximum Gasteiger partial charge on any atom is 0.217 e. The van der Waals surface area contributed by atoms with Crippen molar-refractivity contribution in [3.05, 3.63) is 44.7 Å². The summed E-state index contributed by atoms with van der Waals surface area (Å²) in [5.74, 6) is 0.607. The van der Waals surface area contributed by atoms with E-state index < -0.39 is 0 Å². The van der Waals surface area contributed by atoms with Crippen LogP contribution in [0.25, 0.3) is 0 Å². The molecule has 5 heteroatoms. The number of methoxy groups -OCH3 is 1. The van der Waals surface area contributed by atoms with Gasteiger partial charge < -0.3 is 10.5 Å². The van der Waals surface area contributed by atoms with Gasteiger partial charge in [0.05, 0.1) is 10.9 Å². The molecule has 1 atom stereocenters. The van der Waals surface area contributed by atoms with Crippen LogP contribution in [0, 0.1) is 0 Å². The Bertz CT molecular complexity index is 501. The molecule has 0 aliphatic rings. The lowest BCUT2D eigenvalue weighted by atomic mass is 10.1. The highest BCUT2D eigenvalue weighted by atomic mass is 79.9. The normalized spacial score (nSPS) is 12.4. The molecule has 0 saturated carbocycles. The van der Waals surface area contributed by atoms with E-state index in [4.69, 9.17) is 10.5 Å². The molecule has 0 radical (unpaired) electrons. The summed E-state index contributed by atoms with van der Waals surface area (Å²) in [4.78, 5) is 5.40. The van der Waals surface area contributed by atoms with Gasteiger partial charge in [-0.3, -0.25) is 0 Å². The van der Waals surface area contributed by atoms with Crippen molar-refractivity contribution in [2.45, 2.75) is 12.5 Å². The summed E-state index contributed by atoms with van der Waals surface area (Å²) < 4.78 is 6.34. The van der Waals surface area contributed by atoms with E-state index in [-0.39, 0.29) is 6.04 Å². The fraction of sp³-hybridized carbons (Fsp3) is 0.250. The van der Waals surface area contributed by atoms with Crippen LogP contribution in [0.4, 0.5) is 0 Å². The number of aromatic nitrogens is 1. The Kier molecular flexibility index (Phi) is 4.15. The van der Waals surface area contributed by atoms with E-state index >= 15 is 0 Å². The Morgan fingerprint density at radius 1 is 1.47 bits per heavy atom. The molecule has 90 valence electrons. The van der Waals surface area contributed by atoms with Gasteiger partial charge in [0.15, 0.2) is 0 Å². The molecule has 0 fully saturated rings. The molecule has 0 aromatic carbocycles. The number of rotatable bonds is 4. The molecule has 17 heavy (non-hydrogen) atoms. The molecule has 3 nitrogen and oxygen atoms in total. The number of hydrogen-bond acceptors (Lipinski definition) is 4. The Morgan fingerprint density at radius 2 is 2.29 bits per heavy atom. The zero-order valence-corrected chi connectivity index (χ0v) is 11.8. The fourth-order valence-corrected chi connectivity index (χ4v) is 3.19.